The Bertz CT molecular complexity index is 949. The Morgan fingerprint density at radius 1 is 1.15 bits per heavy atom. The topological polar surface area (TPSA) is 102 Å². The molecule has 0 spiro atoms. The minimum atomic E-state index is -3.60. The van der Waals surface area contributed by atoms with Crippen LogP contribution in [0.5, 0.6) is 0 Å². The molecule has 2 aromatic carbocycles. The quantitative estimate of drug-likeness (QED) is 0.726. The molecule has 2 N–H and O–H groups in total. The van der Waals surface area contributed by atoms with E-state index in [2.05, 4.69) is 10.0 Å². The van der Waals surface area contributed by atoms with Gasteiger partial charge < -0.3 is 10.1 Å². The number of anilines is 2. The maximum absolute atomic E-state index is 13.6. The van der Waals surface area contributed by atoms with Crippen LogP contribution in [0.15, 0.2) is 42.5 Å². The number of para-hydroxylation sites is 1. The van der Waals surface area contributed by atoms with Crippen molar-refractivity contribution in [3.8, 4) is 0 Å². The van der Waals surface area contributed by atoms with Gasteiger partial charge in [0.2, 0.25) is 10.0 Å². The van der Waals surface area contributed by atoms with E-state index < -0.39 is 34.3 Å². The molecule has 0 saturated carbocycles. The molecule has 0 atom stereocenters. The van der Waals surface area contributed by atoms with Crippen molar-refractivity contribution in [1.29, 1.82) is 0 Å². The van der Waals surface area contributed by atoms with Crippen molar-refractivity contribution in [2.45, 2.75) is 0 Å². The van der Waals surface area contributed by atoms with Crippen LogP contribution in [-0.2, 0) is 19.6 Å². The molecular weight excluding hydrogens is 387 g/mol. The molecule has 0 aliphatic rings. The predicted octanol–water partition coefficient (Wildman–Crippen LogP) is 2.65. The molecule has 1 amide bonds. The van der Waals surface area contributed by atoms with E-state index in [1.165, 1.54) is 36.4 Å². The number of halogens is 2. The highest BCUT2D eigenvalue weighted by Crippen LogP contribution is 2.19. The van der Waals surface area contributed by atoms with Gasteiger partial charge in [0.25, 0.3) is 5.91 Å². The average Bonchev–Trinajstić information content (AvgIpc) is 2.54. The van der Waals surface area contributed by atoms with Gasteiger partial charge in [-0.3, -0.25) is 9.52 Å². The summed E-state index contributed by atoms with van der Waals surface area (Å²) < 4.78 is 43.3. The molecule has 0 aliphatic heterocycles. The van der Waals surface area contributed by atoms with Crippen LogP contribution in [0.2, 0.25) is 5.02 Å². The Kier molecular flexibility index (Phi) is 6.17. The lowest BCUT2D eigenvalue weighted by Crippen LogP contribution is -2.22. The lowest BCUT2D eigenvalue weighted by Gasteiger charge is -2.11. The van der Waals surface area contributed by atoms with Gasteiger partial charge in [0, 0.05) is 5.02 Å². The van der Waals surface area contributed by atoms with Gasteiger partial charge in [-0.1, -0.05) is 23.7 Å². The normalized spacial score (nSPS) is 10.9. The van der Waals surface area contributed by atoms with Gasteiger partial charge in [-0.2, -0.15) is 0 Å². The molecule has 2 aromatic rings. The molecule has 138 valence electrons. The van der Waals surface area contributed by atoms with Crippen molar-refractivity contribution < 1.29 is 27.1 Å². The standard InChI is InChI=1S/C16H14ClFN2O5S/c1-26(23,24)20-13-5-3-2-4-11(13)16(22)25-9-15(21)19-14-7-6-10(17)8-12(14)18/h2-8,20H,9H2,1H3,(H,19,21). The first kappa shape index (κ1) is 19.7. The predicted molar refractivity (Wildman–Crippen MR) is 95.2 cm³/mol. The monoisotopic (exact) mass is 400 g/mol. The number of amides is 1. The number of ether oxygens (including phenoxy) is 1. The molecule has 0 aliphatic carbocycles. The van der Waals surface area contributed by atoms with Gasteiger partial charge in [-0.05, 0) is 30.3 Å². The van der Waals surface area contributed by atoms with Crippen molar-refractivity contribution in [2.24, 2.45) is 0 Å². The fourth-order valence-electron chi connectivity index (χ4n) is 1.94. The third kappa shape index (κ3) is 5.71. The summed E-state index contributed by atoms with van der Waals surface area (Å²) in [5.74, 6) is -2.42. The molecular formula is C16H14ClFN2O5S. The van der Waals surface area contributed by atoms with Gasteiger partial charge >= 0.3 is 5.97 Å². The van der Waals surface area contributed by atoms with Crippen LogP contribution in [0, 0.1) is 5.82 Å². The Balaban J connectivity index is 2.01. The number of benzene rings is 2. The minimum Gasteiger partial charge on any atom is -0.452 e. The second-order valence-electron chi connectivity index (χ2n) is 5.17. The Hall–Kier alpha value is -2.65. The fourth-order valence-corrected chi connectivity index (χ4v) is 2.67. The van der Waals surface area contributed by atoms with Crippen LogP contribution < -0.4 is 10.0 Å². The van der Waals surface area contributed by atoms with Crippen LogP contribution in [0.1, 0.15) is 10.4 Å². The maximum atomic E-state index is 13.6. The van der Waals surface area contributed by atoms with Crippen LogP contribution in [-0.4, -0.2) is 33.2 Å². The Morgan fingerprint density at radius 2 is 1.85 bits per heavy atom. The van der Waals surface area contributed by atoms with Crippen LogP contribution in [0.3, 0.4) is 0 Å². The average molecular weight is 401 g/mol. The summed E-state index contributed by atoms with van der Waals surface area (Å²) in [7, 11) is -3.60. The van der Waals surface area contributed by atoms with Crippen LogP contribution in [0.25, 0.3) is 0 Å². The third-order valence-corrected chi connectivity index (χ3v) is 3.81. The van der Waals surface area contributed by atoms with Gasteiger partial charge in [-0.25, -0.2) is 17.6 Å². The summed E-state index contributed by atoms with van der Waals surface area (Å²) in [5.41, 5.74) is -0.165. The SMILES string of the molecule is CS(=O)(=O)Nc1ccccc1C(=O)OCC(=O)Nc1ccc(Cl)cc1F. The lowest BCUT2D eigenvalue weighted by atomic mass is 10.2. The summed E-state index contributed by atoms with van der Waals surface area (Å²) in [4.78, 5) is 23.9. The number of nitrogens with one attached hydrogen (secondary N) is 2. The zero-order valence-corrected chi connectivity index (χ0v) is 15.0. The number of hydrogen-bond acceptors (Lipinski definition) is 5. The van der Waals surface area contributed by atoms with Gasteiger partial charge in [0.1, 0.15) is 5.82 Å². The fraction of sp³-hybridized carbons (Fsp3) is 0.125. The summed E-state index contributed by atoms with van der Waals surface area (Å²) in [5, 5.41) is 2.40. The summed E-state index contributed by atoms with van der Waals surface area (Å²) in [6.07, 6.45) is 0.934. The second kappa shape index (κ2) is 8.15. The molecule has 7 nitrogen and oxygen atoms in total. The van der Waals surface area contributed by atoms with Crippen LogP contribution >= 0.6 is 11.6 Å². The molecule has 0 aromatic heterocycles. The summed E-state index contributed by atoms with van der Waals surface area (Å²) >= 11 is 5.61. The Morgan fingerprint density at radius 3 is 2.50 bits per heavy atom. The lowest BCUT2D eigenvalue weighted by molar-refractivity contribution is -0.119. The molecule has 0 radical (unpaired) electrons. The molecule has 26 heavy (non-hydrogen) atoms. The number of carbonyl (C=O) groups excluding carboxylic acids is 2. The van der Waals surface area contributed by atoms with Gasteiger partial charge in [-0.15, -0.1) is 0 Å². The first-order valence-corrected chi connectivity index (χ1v) is 9.41. The van der Waals surface area contributed by atoms with Crippen molar-refractivity contribution in [1.82, 2.24) is 0 Å². The Labute approximate surface area is 154 Å². The smallest absolute Gasteiger partial charge is 0.340 e. The number of sulfonamides is 1. The molecule has 10 heteroatoms. The highest BCUT2D eigenvalue weighted by atomic mass is 35.5. The number of carbonyl (C=O) groups is 2. The molecule has 0 heterocycles. The maximum Gasteiger partial charge on any atom is 0.340 e. The first-order valence-electron chi connectivity index (χ1n) is 7.14. The van der Waals surface area contributed by atoms with Crippen molar-refractivity contribution in [2.75, 3.05) is 22.9 Å². The van der Waals surface area contributed by atoms with Gasteiger partial charge in [0.15, 0.2) is 6.61 Å². The third-order valence-electron chi connectivity index (χ3n) is 2.98. The van der Waals surface area contributed by atoms with E-state index in [4.69, 9.17) is 16.3 Å². The van der Waals surface area contributed by atoms with E-state index >= 15 is 0 Å². The van der Waals surface area contributed by atoms with Gasteiger partial charge in [0.05, 0.1) is 23.2 Å². The zero-order chi connectivity index (χ0) is 19.3. The summed E-state index contributed by atoms with van der Waals surface area (Å²) in [6.45, 7) is -0.686. The van der Waals surface area contributed by atoms with Crippen molar-refractivity contribution >= 4 is 44.9 Å². The largest absolute Gasteiger partial charge is 0.452 e. The number of rotatable bonds is 6. The first-order chi connectivity index (χ1) is 12.2. The molecule has 0 saturated heterocycles. The second-order valence-corrected chi connectivity index (χ2v) is 7.35. The van der Waals surface area contributed by atoms with E-state index in [9.17, 15) is 22.4 Å². The van der Waals surface area contributed by atoms with E-state index in [1.807, 2.05) is 0 Å². The van der Waals surface area contributed by atoms with E-state index in [1.54, 1.807) is 0 Å². The molecule has 0 unspecified atom stereocenters. The number of hydrogen-bond donors (Lipinski definition) is 2. The summed E-state index contributed by atoms with van der Waals surface area (Å²) in [6, 6.07) is 9.43. The minimum absolute atomic E-state index is 0.0177. The zero-order valence-electron chi connectivity index (χ0n) is 13.5. The van der Waals surface area contributed by atoms with Crippen LogP contribution in [0.4, 0.5) is 15.8 Å². The number of esters is 1. The van der Waals surface area contributed by atoms with E-state index in [0.29, 0.717) is 0 Å². The van der Waals surface area contributed by atoms with Crippen molar-refractivity contribution in [3.05, 3.63) is 58.9 Å². The highest BCUT2D eigenvalue weighted by Gasteiger charge is 2.17. The molecule has 2 rings (SSSR count). The van der Waals surface area contributed by atoms with E-state index in [-0.39, 0.29) is 22.0 Å². The highest BCUT2D eigenvalue weighted by molar-refractivity contribution is 7.92. The van der Waals surface area contributed by atoms with Crippen molar-refractivity contribution in [3.63, 3.8) is 0 Å². The van der Waals surface area contributed by atoms with E-state index in [0.717, 1.165) is 12.3 Å². The molecule has 0 fully saturated rings. The molecule has 0 bridgehead atoms.